The molecule has 4 heteroatoms. The maximum atomic E-state index is 9.58. The molecule has 1 aromatic heterocycles. The summed E-state index contributed by atoms with van der Waals surface area (Å²) in [6.45, 7) is 6.40. The zero-order valence-electron chi connectivity index (χ0n) is 11.5. The summed E-state index contributed by atoms with van der Waals surface area (Å²) in [5, 5.41) is 13.1. The smallest absolute Gasteiger partial charge is 0.105 e. The predicted molar refractivity (Wildman–Crippen MR) is 72.4 cm³/mol. The molecule has 0 radical (unpaired) electrons. The van der Waals surface area contributed by atoms with Crippen molar-refractivity contribution >= 4 is 0 Å². The molecule has 0 aromatic carbocycles. The van der Waals surface area contributed by atoms with Gasteiger partial charge in [-0.1, -0.05) is 12.8 Å². The highest BCUT2D eigenvalue weighted by atomic mass is 16.3. The van der Waals surface area contributed by atoms with Gasteiger partial charge in [0.15, 0.2) is 0 Å². The molecule has 2 rings (SSSR count). The molecule has 0 saturated heterocycles. The minimum absolute atomic E-state index is 0.137. The van der Waals surface area contributed by atoms with Crippen molar-refractivity contribution in [3.63, 3.8) is 0 Å². The Hall–Kier alpha value is -0.870. The van der Waals surface area contributed by atoms with Gasteiger partial charge in [0.2, 0.25) is 0 Å². The van der Waals surface area contributed by atoms with Gasteiger partial charge in [0.05, 0.1) is 0 Å². The highest BCUT2D eigenvalue weighted by molar-refractivity contribution is 4.90. The van der Waals surface area contributed by atoms with E-state index >= 15 is 0 Å². The second kappa shape index (κ2) is 5.85. The number of rotatable bonds is 6. The number of hydrogen-bond donors (Lipinski definition) is 2. The van der Waals surface area contributed by atoms with E-state index in [0.717, 1.165) is 31.8 Å². The van der Waals surface area contributed by atoms with Crippen LogP contribution in [0.25, 0.3) is 0 Å². The molecule has 18 heavy (non-hydrogen) atoms. The molecule has 1 saturated carbocycles. The first-order valence-electron chi connectivity index (χ1n) is 6.97. The van der Waals surface area contributed by atoms with Crippen LogP contribution < -0.4 is 5.32 Å². The van der Waals surface area contributed by atoms with Crippen LogP contribution in [0.5, 0.6) is 0 Å². The van der Waals surface area contributed by atoms with Crippen LogP contribution in [0, 0.1) is 12.3 Å². The quantitative estimate of drug-likeness (QED) is 0.809. The Labute approximate surface area is 109 Å². The number of imidazole rings is 1. The number of aliphatic hydroxyl groups is 1. The van der Waals surface area contributed by atoms with Crippen LogP contribution in [0.3, 0.4) is 0 Å². The Morgan fingerprint density at radius 2 is 2.22 bits per heavy atom. The van der Waals surface area contributed by atoms with E-state index in [2.05, 4.69) is 21.8 Å². The molecule has 1 aliphatic rings. The zero-order valence-corrected chi connectivity index (χ0v) is 11.5. The van der Waals surface area contributed by atoms with Crippen molar-refractivity contribution in [3.8, 4) is 0 Å². The topological polar surface area (TPSA) is 50.1 Å². The van der Waals surface area contributed by atoms with E-state index < -0.39 is 0 Å². The van der Waals surface area contributed by atoms with Crippen LogP contribution in [0.4, 0.5) is 0 Å². The minimum Gasteiger partial charge on any atom is -0.396 e. The highest BCUT2D eigenvalue weighted by Crippen LogP contribution is 2.36. The Kier molecular flexibility index (Phi) is 4.40. The predicted octanol–water partition coefficient (Wildman–Crippen LogP) is 1.72. The minimum atomic E-state index is 0.137. The van der Waals surface area contributed by atoms with Crippen LogP contribution in [0.1, 0.15) is 38.4 Å². The average molecular weight is 251 g/mol. The molecule has 0 amide bonds. The maximum Gasteiger partial charge on any atom is 0.105 e. The molecule has 1 aromatic rings. The van der Waals surface area contributed by atoms with E-state index in [4.69, 9.17) is 0 Å². The van der Waals surface area contributed by atoms with Crippen molar-refractivity contribution in [2.24, 2.45) is 5.41 Å². The van der Waals surface area contributed by atoms with E-state index in [9.17, 15) is 5.11 Å². The van der Waals surface area contributed by atoms with Crippen LogP contribution in [-0.4, -0.2) is 33.9 Å². The normalized spacial score (nSPS) is 20.2. The highest BCUT2D eigenvalue weighted by Gasteiger charge is 2.33. The molecule has 1 atom stereocenters. The molecule has 0 unspecified atom stereocenters. The van der Waals surface area contributed by atoms with Gasteiger partial charge < -0.3 is 15.0 Å². The van der Waals surface area contributed by atoms with E-state index in [1.54, 1.807) is 0 Å². The standard InChI is InChI=1S/C14H25N3O/c1-12(9-17-8-7-15-13(17)2)16-10-14(11-18)5-3-4-6-14/h7-8,12,16,18H,3-6,9-11H2,1-2H3/t12-/m0/s1. The Morgan fingerprint density at radius 3 is 2.78 bits per heavy atom. The third-order valence-corrected chi connectivity index (χ3v) is 4.22. The zero-order chi connectivity index (χ0) is 13.0. The molecule has 1 heterocycles. The molecule has 2 N–H and O–H groups in total. The summed E-state index contributed by atoms with van der Waals surface area (Å²) >= 11 is 0. The third kappa shape index (κ3) is 3.12. The fourth-order valence-electron chi connectivity index (χ4n) is 2.86. The second-order valence-electron chi connectivity index (χ2n) is 5.77. The Bertz CT molecular complexity index is 369. The summed E-state index contributed by atoms with van der Waals surface area (Å²) in [6.07, 6.45) is 8.70. The molecule has 1 aliphatic carbocycles. The number of aromatic nitrogens is 2. The lowest BCUT2D eigenvalue weighted by Gasteiger charge is -2.29. The number of hydrogen-bond acceptors (Lipinski definition) is 3. The maximum absolute atomic E-state index is 9.58. The van der Waals surface area contributed by atoms with Crippen molar-refractivity contribution in [1.29, 1.82) is 0 Å². The van der Waals surface area contributed by atoms with Crippen molar-refractivity contribution in [3.05, 3.63) is 18.2 Å². The molecular weight excluding hydrogens is 226 g/mol. The molecule has 0 spiro atoms. The number of aryl methyl sites for hydroxylation is 1. The largest absolute Gasteiger partial charge is 0.396 e. The Morgan fingerprint density at radius 1 is 1.50 bits per heavy atom. The summed E-state index contributed by atoms with van der Waals surface area (Å²) < 4.78 is 2.16. The van der Waals surface area contributed by atoms with Gasteiger partial charge in [-0.15, -0.1) is 0 Å². The summed E-state index contributed by atoms with van der Waals surface area (Å²) in [6, 6.07) is 0.405. The molecule has 102 valence electrons. The van der Waals surface area contributed by atoms with Gasteiger partial charge in [-0.25, -0.2) is 4.98 Å². The lowest BCUT2D eigenvalue weighted by atomic mass is 9.87. The number of nitrogens with one attached hydrogen (secondary N) is 1. The van der Waals surface area contributed by atoms with Gasteiger partial charge in [-0.05, 0) is 26.7 Å². The van der Waals surface area contributed by atoms with Gasteiger partial charge in [-0.3, -0.25) is 0 Å². The van der Waals surface area contributed by atoms with E-state index in [0.29, 0.717) is 12.6 Å². The fraction of sp³-hybridized carbons (Fsp3) is 0.786. The van der Waals surface area contributed by atoms with Gasteiger partial charge in [0, 0.05) is 43.5 Å². The van der Waals surface area contributed by atoms with Crippen LogP contribution in [0.2, 0.25) is 0 Å². The first-order valence-corrected chi connectivity index (χ1v) is 6.97. The van der Waals surface area contributed by atoms with Gasteiger partial charge in [0.25, 0.3) is 0 Å². The lowest BCUT2D eigenvalue weighted by molar-refractivity contribution is 0.124. The molecule has 4 nitrogen and oxygen atoms in total. The number of aliphatic hydroxyl groups excluding tert-OH is 1. The Balaban J connectivity index is 1.81. The van der Waals surface area contributed by atoms with Gasteiger partial charge in [0.1, 0.15) is 5.82 Å². The van der Waals surface area contributed by atoms with Crippen molar-refractivity contribution in [1.82, 2.24) is 14.9 Å². The lowest BCUT2D eigenvalue weighted by Crippen LogP contribution is -2.41. The van der Waals surface area contributed by atoms with Gasteiger partial charge in [-0.2, -0.15) is 0 Å². The molecule has 0 bridgehead atoms. The molecule has 1 fully saturated rings. The summed E-state index contributed by atoms with van der Waals surface area (Å²) in [5.41, 5.74) is 0.137. The van der Waals surface area contributed by atoms with Gasteiger partial charge >= 0.3 is 0 Å². The van der Waals surface area contributed by atoms with E-state index in [1.807, 2.05) is 19.3 Å². The third-order valence-electron chi connectivity index (χ3n) is 4.22. The fourth-order valence-corrected chi connectivity index (χ4v) is 2.86. The number of nitrogens with zero attached hydrogens (tertiary/aromatic N) is 2. The van der Waals surface area contributed by atoms with Crippen LogP contribution >= 0.6 is 0 Å². The molecule has 0 aliphatic heterocycles. The second-order valence-corrected chi connectivity index (χ2v) is 5.77. The van der Waals surface area contributed by atoms with Crippen LogP contribution in [-0.2, 0) is 6.54 Å². The van der Waals surface area contributed by atoms with E-state index in [-0.39, 0.29) is 5.41 Å². The van der Waals surface area contributed by atoms with Crippen LogP contribution in [0.15, 0.2) is 12.4 Å². The van der Waals surface area contributed by atoms with Crippen molar-refractivity contribution in [2.75, 3.05) is 13.2 Å². The van der Waals surface area contributed by atoms with Crippen molar-refractivity contribution in [2.45, 2.75) is 52.1 Å². The molecular formula is C14H25N3O. The van der Waals surface area contributed by atoms with Crippen molar-refractivity contribution < 1.29 is 5.11 Å². The SMILES string of the molecule is Cc1nccn1C[C@H](C)NCC1(CO)CCCC1. The van der Waals surface area contributed by atoms with E-state index in [1.165, 1.54) is 12.8 Å². The summed E-state index contributed by atoms with van der Waals surface area (Å²) in [5.74, 6) is 1.06. The monoisotopic (exact) mass is 251 g/mol. The first kappa shape index (κ1) is 13.6. The first-order chi connectivity index (χ1) is 8.65. The summed E-state index contributed by atoms with van der Waals surface area (Å²) in [4.78, 5) is 4.23. The average Bonchev–Trinajstić information content (AvgIpc) is 2.98. The summed E-state index contributed by atoms with van der Waals surface area (Å²) in [7, 11) is 0.